The van der Waals surface area contributed by atoms with Crippen LogP contribution in [0, 0.1) is 26.7 Å². The molecule has 0 radical (unpaired) electrons. The lowest BCUT2D eigenvalue weighted by Crippen LogP contribution is -2.35. The van der Waals surface area contributed by atoms with Crippen molar-refractivity contribution in [3.63, 3.8) is 0 Å². The van der Waals surface area contributed by atoms with Crippen LogP contribution in [0.1, 0.15) is 30.4 Å². The van der Waals surface area contributed by atoms with E-state index >= 15 is 0 Å². The second kappa shape index (κ2) is 8.41. The van der Waals surface area contributed by atoms with E-state index in [-0.39, 0.29) is 6.61 Å². The van der Waals surface area contributed by atoms with Crippen molar-refractivity contribution < 1.29 is 19.7 Å². The number of aromatic nitrogens is 3. The summed E-state index contributed by atoms with van der Waals surface area (Å²) < 4.78 is 6.16. The van der Waals surface area contributed by atoms with E-state index in [9.17, 15) is 15.3 Å². The van der Waals surface area contributed by atoms with Crippen LogP contribution in [0.4, 0.5) is 11.8 Å². The number of hydrogen-bond acceptors (Lipinski definition) is 9. The van der Waals surface area contributed by atoms with Crippen LogP contribution in [0.15, 0.2) is 16.5 Å². The predicted octanol–water partition coefficient (Wildman–Crippen LogP) is 2.16. The van der Waals surface area contributed by atoms with Gasteiger partial charge in [0, 0.05) is 30.1 Å². The second-order valence-electron chi connectivity index (χ2n) is 8.17. The summed E-state index contributed by atoms with van der Waals surface area (Å²) in [4.78, 5) is 13.7. The van der Waals surface area contributed by atoms with Crippen LogP contribution >= 0.6 is 0 Å². The molecule has 0 aromatic carbocycles. The Morgan fingerprint density at radius 3 is 2.52 bits per heavy atom. The highest BCUT2D eigenvalue weighted by molar-refractivity contribution is 5.87. The van der Waals surface area contributed by atoms with Crippen molar-refractivity contribution >= 4 is 22.7 Å². The number of aliphatic hydroxyl groups is 3. The number of furan rings is 1. The Kier molecular flexibility index (Phi) is 5.83. The number of hydrogen-bond donors (Lipinski definition) is 5. The van der Waals surface area contributed by atoms with Crippen molar-refractivity contribution in [2.45, 2.75) is 52.4 Å². The van der Waals surface area contributed by atoms with Gasteiger partial charge in [0.05, 0.1) is 29.1 Å². The molecule has 4 atom stereocenters. The molecule has 0 unspecified atom stereocenters. The van der Waals surface area contributed by atoms with Gasteiger partial charge >= 0.3 is 0 Å². The highest BCUT2D eigenvalue weighted by Crippen LogP contribution is 2.37. The van der Waals surface area contributed by atoms with E-state index < -0.39 is 24.2 Å². The normalized spacial score (nSPS) is 23.5. The van der Waals surface area contributed by atoms with Crippen molar-refractivity contribution in [1.82, 2.24) is 15.0 Å². The topological polar surface area (TPSA) is 137 Å². The average Bonchev–Trinajstić information content (AvgIpc) is 3.24. The van der Waals surface area contributed by atoms with Crippen molar-refractivity contribution in [1.29, 1.82) is 0 Å². The molecule has 1 saturated carbocycles. The molecular weight excluding hydrogens is 398 g/mol. The Balaban J connectivity index is 1.80. The van der Waals surface area contributed by atoms with Gasteiger partial charge in [-0.2, -0.15) is 4.98 Å². The standard InChI is InChI=1S/C22H29N5O4/c1-5-23-22-25-11(3)17(16-8-13-6-10(2)24-12(4)20(13)31-16)21(27-22)26-15-7-14(9-28)18(29)19(15)30/h6,8,14-15,18-19,28-30H,5,7,9H2,1-4H3,(H2,23,25,26,27)/t14-,15-,18-,19+/m1/s1. The maximum atomic E-state index is 10.5. The molecule has 1 aliphatic rings. The van der Waals surface area contributed by atoms with Crippen LogP contribution < -0.4 is 10.6 Å². The Bertz CT molecular complexity index is 1100. The number of anilines is 2. The monoisotopic (exact) mass is 427 g/mol. The van der Waals surface area contributed by atoms with E-state index in [0.29, 0.717) is 47.3 Å². The summed E-state index contributed by atoms with van der Waals surface area (Å²) in [6, 6.07) is 3.44. The van der Waals surface area contributed by atoms with Gasteiger partial charge in [-0.1, -0.05) is 0 Å². The van der Waals surface area contributed by atoms with Crippen LogP contribution in [0.3, 0.4) is 0 Å². The Labute approximate surface area is 180 Å². The predicted molar refractivity (Wildman–Crippen MR) is 118 cm³/mol. The number of pyridine rings is 1. The summed E-state index contributed by atoms with van der Waals surface area (Å²) >= 11 is 0. The number of nitrogens with one attached hydrogen (secondary N) is 2. The van der Waals surface area contributed by atoms with E-state index in [2.05, 4.69) is 25.6 Å². The number of nitrogens with zero attached hydrogens (tertiary/aromatic N) is 3. The SMILES string of the molecule is CCNc1nc(C)c(-c2cc3cc(C)nc(C)c3o2)c(N[C@@H]2C[C@H](CO)[C@@H](O)[C@H]2O)n1. The van der Waals surface area contributed by atoms with Crippen molar-refractivity contribution in [2.24, 2.45) is 5.92 Å². The Morgan fingerprint density at radius 2 is 1.84 bits per heavy atom. The minimum Gasteiger partial charge on any atom is -0.454 e. The molecule has 9 nitrogen and oxygen atoms in total. The molecule has 5 N–H and O–H groups in total. The van der Waals surface area contributed by atoms with Crippen LogP contribution in [-0.4, -0.2) is 61.7 Å². The minimum absolute atomic E-state index is 0.191. The molecule has 0 spiro atoms. The van der Waals surface area contributed by atoms with Gasteiger partial charge in [0.1, 0.15) is 17.7 Å². The molecule has 0 saturated heterocycles. The molecule has 3 aromatic rings. The van der Waals surface area contributed by atoms with Crippen LogP contribution in [0.25, 0.3) is 22.3 Å². The fourth-order valence-electron chi connectivity index (χ4n) is 4.32. The smallest absolute Gasteiger partial charge is 0.224 e. The number of rotatable bonds is 6. The molecule has 0 amide bonds. The molecule has 4 rings (SSSR count). The van der Waals surface area contributed by atoms with E-state index in [1.807, 2.05) is 39.8 Å². The molecule has 166 valence electrons. The summed E-state index contributed by atoms with van der Waals surface area (Å²) in [6.07, 6.45) is -1.60. The molecule has 3 heterocycles. The first-order valence-corrected chi connectivity index (χ1v) is 10.6. The zero-order chi connectivity index (χ0) is 22.3. The highest BCUT2D eigenvalue weighted by atomic mass is 16.3. The second-order valence-corrected chi connectivity index (χ2v) is 8.17. The first-order chi connectivity index (χ1) is 14.8. The van der Waals surface area contributed by atoms with Crippen molar-refractivity contribution in [3.8, 4) is 11.3 Å². The lowest BCUT2D eigenvalue weighted by Gasteiger charge is -2.21. The summed E-state index contributed by atoms with van der Waals surface area (Å²) in [7, 11) is 0. The fourth-order valence-corrected chi connectivity index (χ4v) is 4.32. The van der Waals surface area contributed by atoms with Crippen molar-refractivity contribution in [3.05, 3.63) is 29.2 Å². The van der Waals surface area contributed by atoms with Crippen LogP contribution in [0.2, 0.25) is 0 Å². The van der Waals surface area contributed by atoms with Gasteiger partial charge in [-0.25, -0.2) is 4.98 Å². The van der Waals surface area contributed by atoms with Crippen molar-refractivity contribution in [2.75, 3.05) is 23.8 Å². The fraction of sp³-hybridized carbons (Fsp3) is 0.500. The highest BCUT2D eigenvalue weighted by Gasteiger charge is 2.41. The van der Waals surface area contributed by atoms with Gasteiger partial charge < -0.3 is 30.4 Å². The maximum absolute atomic E-state index is 10.5. The van der Waals surface area contributed by atoms with E-state index in [1.165, 1.54) is 0 Å². The van der Waals surface area contributed by atoms with Gasteiger partial charge in [-0.05, 0) is 46.2 Å². The molecule has 0 aliphatic heterocycles. The number of fused-ring (bicyclic) bond motifs is 1. The molecule has 0 bridgehead atoms. The third kappa shape index (κ3) is 3.96. The van der Waals surface area contributed by atoms with Crippen LogP contribution in [0.5, 0.6) is 0 Å². The average molecular weight is 428 g/mol. The summed E-state index contributed by atoms with van der Waals surface area (Å²) in [6.45, 7) is 8.15. The lowest BCUT2D eigenvalue weighted by molar-refractivity contribution is 0.00446. The minimum atomic E-state index is -1.02. The van der Waals surface area contributed by atoms with Gasteiger partial charge in [0.15, 0.2) is 5.58 Å². The van der Waals surface area contributed by atoms with Gasteiger partial charge in [0.2, 0.25) is 5.95 Å². The zero-order valence-electron chi connectivity index (χ0n) is 18.2. The quantitative estimate of drug-likeness (QED) is 0.401. The molecule has 9 heteroatoms. The Hall–Kier alpha value is -2.75. The summed E-state index contributed by atoms with van der Waals surface area (Å²) in [5.41, 5.74) is 3.81. The van der Waals surface area contributed by atoms with E-state index in [4.69, 9.17) is 4.42 Å². The lowest BCUT2D eigenvalue weighted by atomic mass is 10.1. The van der Waals surface area contributed by atoms with Gasteiger partial charge in [-0.3, -0.25) is 4.98 Å². The molecule has 1 aliphatic carbocycles. The summed E-state index contributed by atoms with van der Waals surface area (Å²) in [5.74, 6) is 1.16. The number of aryl methyl sites for hydroxylation is 3. The molecule has 3 aromatic heterocycles. The maximum Gasteiger partial charge on any atom is 0.224 e. The van der Waals surface area contributed by atoms with Crippen LogP contribution in [-0.2, 0) is 0 Å². The Morgan fingerprint density at radius 1 is 1.06 bits per heavy atom. The third-order valence-corrected chi connectivity index (χ3v) is 5.83. The van der Waals surface area contributed by atoms with E-state index in [0.717, 1.165) is 16.8 Å². The largest absolute Gasteiger partial charge is 0.454 e. The van der Waals surface area contributed by atoms with Gasteiger partial charge in [0.25, 0.3) is 0 Å². The first-order valence-electron chi connectivity index (χ1n) is 10.6. The van der Waals surface area contributed by atoms with Gasteiger partial charge in [-0.15, -0.1) is 0 Å². The summed E-state index contributed by atoms with van der Waals surface area (Å²) in [5, 5.41) is 37.5. The third-order valence-electron chi connectivity index (χ3n) is 5.83. The molecule has 1 fully saturated rings. The zero-order valence-corrected chi connectivity index (χ0v) is 18.2. The number of aliphatic hydroxyl groups excluding tert-OH is 3. The first kappa shape index (κ1) is 21.5. The molecular formula is C22H29N5O4. The molecule has 31 heavy (non-hydrogen) atoms. The van der Waals surface area contributed by atoms with E-state index in [1.54, 1.807) is 0 Å².